The Kier molecular flexibility index (Phi) is 4.46. The minimum Gasteiger partial charge on any atom is -0.377 e. The second kappa shape index (κ2) is 5.97. The Labute approximate surface area is 127 Å². The van der Waals surface area contributed by atoms with Gasteiger partial charge in [-0.1, -0.05) is 11.6 Å². The topological polar surface area (TPSA) is 85.1 Å². The molecule has 2 aromatic rings. The highest BCUT2D eigenvalue weighted by Gasteiger charge is 2.13. The monoisotopic (exact) mass is 329 g/mol. The lowest BCUT2D eigenvalue weighted by Crippen LogP contribution is -2.13. The number of hydrogen-bond donors (Lipinski definition) is 2. The number of hydrogen-bond acceptors (Lipinski definition) is 4. The van der Waals surface area contributed by atoms with Gasteiger partial charge in [0.1, 0.15) is 5.82 Å². The molecule has 0 fully saturated rings. The molecule has 1 aromatic carbocycles. The summed E-state index contributed by atoms with van der Waals surface area (Å²) in [5.41, 5.74) is 0.993. The van der Waals surface area contributed by atoms with Gasteiger partial charge in [-0.2, -0.15) is 0 Å². The van der Waals surface area contributed by atoms with Crippen LogP contribution in [-0.2, 0) is 10.0 Å². The molecule has 1 heterocycles. The third-order valence-corrected chi connectivity index (χ3v) is 4.10. The van der Waals surface area contributed by atoms with Crippen LogP contribution in [-0.4, -0.2) is 13.4 Å². The van der Waals surface area contributed by atoms with Crippen molar-refractivity contribution < 1.29 is 12.8 Å². The van der Waals surface area contributed by atoms with E-state index in [0.717, 1.165) is 6.20 Å². The summed E-state index contributed by atoms with van der Waals surface area (Å²) in [5.74, 6) is -0.453. The molecule has 1 atom stereocenters. The van der Waals surface area contributed by atoms with Crippen molar-refractivity contribution in [1.29, 1.82) is 0 Å². The predicted octanol–water partition coefficient (Wildman–Crippen LogP) is 2.69. The van der Waals surface area contributed by atoms with Crippen LogP contribution in [0, 0.1) is 5.82 Å². The molecule has 1 aromatic heterocycles. The molecule has 1 unspecified atom stereocenters. The molecular formula is C13H13ClFN3O2S. The summed E-state index contributed by atoms with van der Waals surface area (Å²) >= 11 is 6.02. The van der Waals surface area contributed by atoms with Gasteiger partial charge < -0.3 is 5.32 Å². The molecule has 112 valence electrons. The summed E-state index contributed by atoms with van der Waals surface area (Å²) in [6.45, 7) is 1.77. The molecule has 8 heteroatoms. The van der Waals surface area contributed by atoms with Gasteiger partial charge in [-0.25, -0.2) is 17.9 Å². The number of nitrogens with two attached hydrogens (primary N) is 1. The van der Waals surface area contributed by atoms with Crippen LogP contribution in [0.1, 0.15) is 18.5 Å². The first-order chi connectivity index (χ1) is 9.77. The molecule has 0 aliphatic carbocycles. The average Bonchev–Trinajstić information content (AvgIpc) is 2.40. The van der Waals surface area contributed by atoms with Crippen LogP contribution >= 0.6 is 11.6 Å². The number of primary sulfonamides is 1. The van der Waals surface area contributed by atoms with Crippen molar-refractivity contribution in [2.45, 2.75) is 17.9 Å². The van der Waals surface area contributed by atoms with Gasteiger partial charge in [-0.15, -0.1) is 0 Å². The first-order valence-electron chi connectivity index (χ1n) is 5.96. The quantitative estimate of drug-likeness (QED) is 0.903. The summed E-state index contributed by atoms with van der Waals surface area (Å²) in [5, 5.41) is 8.42. The Morgan fingerprint density at radius 1 is 1.33 bits per heavy atom. The Morgan fingerprint density at radius 2 is 2.05 bits per heavy atom. The van der Waals surface area contributed by atoms with Gasteiger partial charge in [-0.05, 0) is 36.8 Å². The molecule has 0 radical (unpaired) electrons. The van der Waals surface area contributed by atoms with E-state index in [4.69, 9.17) is 16.7 Å². The van der Waals surface area contributed by atoms with Gasteiger partial charge in [0, 0.05) is 6.20 Å². The fourth-order valence-corrected chi connectivity index (χ4v) is 2.49. The van der Waals surface area contributed by atoms with Crippen molar-refractivity contribution in [3.05, 3.63) is 53.1 Å². The number of nitrogens with one attached hydrogen (secondary N) is 1. The van der Waals surface area contributed by atoms with Gasteiger partial charge in [0.2, 0.25) is 10.0 Å². The first-order valence-corrected chi connectivity index (χ1v) is 7.89. The molecular weight excluding hydrogens is 317 g/mol. The zero-order chi connectivity index (χ0) is 15.6. The highest BCUT2D eigenvalue weighted by Crippen LogP contribution is 2.28. The smallest absolute Gasteiger partial charge is 0.238 e. The van der Waals surface area contributed by atoms with E-state index >= 15 is 0 Å². The summed E-state index contributed by atoms with van der Waals surface area (Å²) in [7, 11) is -3.82. The zero-order valence-corrected chi connectivity index (χ0v) is 12.6. The molecule has 0 aliphatic rings. The minimum atomic E-state index is -3.82. The maximum Gasteiger partial charge on any atom is 0.238 e. The van der Waals surface area contributed by atoms with Crippen LogP contribution in [0.4, 0.5) is 10.1 Å². The highest BCUT2D eigenvalue weighted by atomic mass is 35.5. The Hall–Kier alpha value is -1.70. The van der Waals surface area contributed by atoms with Gasteiger partial charge in [0.15, 0.2) is 0 Å². The molecule has 21 heavy (non-hydrogen) atoms. The highest BCUT2D eigenvalue weighted by molar-refractivity contribution is 7.89. The molecule has 3 N–H and O–H groups in total. The van der Waals surface area contributed by atoms with E-state index in [2.05, 4.69) is 10.3 Å². The molecule has 0 aliphatic heterocycles. The lowest BCUT2D eigenvalue weighted by atomic mass is 10.1. The molecule has 0 saturated carbocycles. The normalized spacial score (nSPS) is 13.0. The largest absolute Gasteiger partial charge is 0.377 e. The number of halogens is 2. The number of pyridine rings is 1. The summed E-state index contributed by atoms with van der Waals surface area (Å²) in [6.07, 6.45) is 2.61. The molecule has 5 nitrogen and oxygen atoms in total. The van der Waals surface area contributed by atoms with Crippen LogP contribution in [0.25, 0.3) is 0 Å². The van der Waals surface area contributed by atoms with Crippen molar-refractivity contribution in [3.8, 4) is 0 Å². The van der Waals surface area contributed by atoms with Crippen molar-refractivity contribution in [3.63, 3.8) is 0 Å². The number of aromatic nitrogens is 1. The Bertz CT molecular complexity index is 768. The van der Waals surface area contributed by atoms with Crippen molar-refractivity contribution >= 4 is 27.3 Å². The number of sulfonamides is 1. The maximum absolute atomic E-state index is 13.2. The van der Waals surface area contributed by atoms with E-state index in [9.17, 15) is 12.8 Å². The molecule has 0 bridgehead atoms. The van der Waals surface area contributed by atoms with Crippen LogP contribution in [0.5, 0.6) is 0 Å². The molecule has 0 saturated heterocycles. The predicted molar refractivity (Wildman–Crippen MR) is 79.1 cm³/mol. The average molecular weight is 330 g/mol. The van der Waals surface area contributed by atoms with E-state index in [-0.39, 0.29) is 10.9 Å². The van der Waals surface area contributed by atoms with Crippen molar-refractivity contribution in [2.75, 3.05) is 5.32 Å². The van der Waals surface area contributed by atoms with Crippen LogP contribution in [0.3, 0.4) is 0 Å². The lowest BCUT2D eigenvalue weighted by Gasteiger charge is -2.17. The number of rotatable bonds is 4. The van der Waals surface area contributed by atoms with Gasteiger partial charge >= 0.3 is 0 Å². The fraction of sp³-hybridized carbons (Fsp3) is 0.154. The van der Waals surface area contributed by atoms with Crippen LogP contribution in [0.2, 0.25) is 5.02 Å². The van der Waals surface area contributed by atoms with E-state index < -0.39 is 15.8 Å². The third kappa shape index (κ3) is 3.90. The lowest BCUT2D eigenvalue weighted by molar-refractivity contribution is 0.598. The first kappa shape index (κ1) is 15.7. The van der Waals surface area contributed by atoms with Crippen molar-refractivity contribution in [2.24, 2.45) is 5.14 Å². The third-order valence-electron chi connectivity index (χ3n) is 2.86. The fourth-order valence-electron chi connectivity index (χ4n) is 1.77. The number of anilines is 1. The molecule has 0 amide bonds. The summed E-state index contributed by atoms with van der Waals surface area (Å²) in [4.78, 5) is 3.71. The van der Waals surface area contributed by atoms with E-state index in [0.29, 0.717) is 16.3 Å². The van der Waals surface area contributed by atoms with E-state index in [1.807, 2.05) is 0 Å². The maximum atomic E-state index is 13.2. The minimum absolute atomic E-state index is 0.0565. The SMILES string of the molecule is CC(Nc1cc(S(N)(=O)=O)ccc1Cl)c1cncc(F)c1. The van der Waals surface area contributed by atoms with Gasteiger partial charge in [0.25, 0.3) is 0 Å². The van der Waals surface area contributed by atoms with E-state index in [1.54, 1.807) is 6.92 Å². The summed E-state index contributed by atoms with van der Waals surface area (Å²) in [6, 6.07) is 5.10. The standard InChI is InChI=1S/C13H13ClFN3O2S/c1-8(9-4-10(15)7-17-6-9)18-13-5-11(21(16,19)20)2-3-12(13)14/h2-8,18H,1H3,(H2,16,19,20). The van der Waals surface area contributed by atoms with Crippen LogP contribution < -0.4 is 10.5 Å². The van der Waals surface area contributed by atoms with Crippen LogP contribution in [0.15, 0.2) is 41.6 Å². The molecule has 2 rings (SSSR count). The Balaban J connectivity index is 2.31. The second-order valence-corrected chi connectivity index (χ2v) is 6.46. The number of nitrogens with zero attached hydrogens (tertiary/aromatic N) is 1. The van der Waals surface area contributed by atoms with Gasteiger partial charge in [-0.3, -0.25) is 4.98 Å². The van der Waals surface area contributed by atoms with Crippen molar-refractivity contribution in [1.82, 2.24) is 4.98 Å². The van der Waals surface area contributed by atoms with E-state index in [1.165, 1.54) is 30.5 Å². The van der Waals surface area contributed by atoms with Gasteiger partial charge in [0.05, 0.1) is 27.8 Å². The molecule has 0 spiro atoms. The summed E-state index contributed by atoms with van der Waals surface area (Å²) < 4.78 is 35.8. The number of benzene rings is 1. The Morgan fingerprint density at radius 3 is 2.67 bits per heavy atom. The zero-order valence-electron chi connectivity index (χ0n) is 11.0. The second-order valence-electron chi connectivity index (χ2n) is 4.49.